The van der Waals surface area contributed by atoms with Crippen molar-refractivity contribution in [2.75, 3.05) is 19.8 Å². The van der Waals surface area contributed by atoms with Crippen LogP contribution in [-0.4, -0.2) is 204 Å². The number of halogens is 53. The predicted molar refractivity (Wildman–Crippen MR) is 255 cm³/mol. The summed E-state index contributed by atoms with van der Waals surface area (Å²) >= 11 is 1.60. The number of alkyl halides is 53. The third-order valence-corrected chi connectivity index (χ3v) is 13.6. The molecule has 0 spiro atoms. The summed E-state index contributed by atoms with van der Waals surface area (Å²) in [5.74, 6) is -161. The summed E-state index contributed by atoms with van der Waals surface area (Å²) in [6.45, 7) is 2.80. The summed E-state index contributed by atoms with van der Waals surface area (Å²) in [7, 11) is 0. The van der Waals surface area contributed by atoms with E-state index in [1.165, 1.54) is 0 Å². The van der Waals surface area contributed by atoms with E-state index >= 15 is 0 Å². The Kier molecular flexibility index (Phi) is 38.6. The molecule has 0 amide bonds. The number of hydrogen-bond donors (Lipinski definition) is 4. The molecule has 101 heavy (non-hydrogen) atoms. The molecule has 0 aromatic heterocycles. The minimum atomic E-state index is -8.60. The molecule has 4 nitrogen and oxygen atoms in total. The van der Waals surface area contributed by atoms with Gasteiger partial charge in [0.15, 0.2) is 0 Å². The Morgan fingerprint density at radius 2 is 0.485 bits per heavy atom. The average Bonchev–Trinajstić information content (AvgIpc) is 0.709. The van der Waals surface area contributed by atoms with Crippen molar-refractivity contribution in [1.29, 1.82) is 4.35 Å². The number of unbranched alkanes of at least 4 members (excludes halogenated alkanes) is 6. The monoisotopic (exact) mass is 1870 g/mol. The van der Waals surface area contributed by atoms with Crippen LogP contribution in [0.15, 0.2) is 12.7 Å². The molecule has 0 aromatic rings. The summed E-state index contributed by atoms with van der Waals surface area (Å²) in [5, 5.41) is 25.1. The van der Waals surface area contributed by atoms with Crippen molar-refractivity contribution in [3.8, 4) is 0 Å². The maximum absolute atomic E-state index is 13.7. The Morgan fingerprint density at radius 3 is 0.713 bits per heavy atom. The normalized spacial score (nSPS) is 15.5. The van der Waals surface area contributed by atoms with Gasteiger partial charge in [0.05, 0.1) is 0 Å². The number of nitrogens with one attached hydrogen (secondary N) is 1. The van der Waals surface area contributed by atoms with Crippen LogP contribution in [0.1, 0.15) is 77.0 Å². The van der Waals surface area contributed by atoms with E-state index in [9.17, 15) is 224 Å². The third-order valence-electron chi connectivity index (χ3n) is 11.9. The van der Waals surface area contributed by atoms with Crippen molar-refractivity contribution in [1.82, 2.24) is 0 Å². The molecule has 59 heteroatoms. The molecule has 0 saturated carbocycles. The van der Waals surface area contributed by atoms with Crippen molar-refractivity contribution < 1.29 is 239 Å². The molecule has 606 valence electrons. The molecule has 0 aliphatic carbocycles. The van der Waals surface area contributed by atoms with E-state index in [2.05, 4.69) is 6.58 Å². The zero-order chi connectivity index (χ0) is 82.9. The van der Waals surface area contributed by atoms with Gasteiger partial charge in [0.25, 0.3) is 0 Å². The summed E-state index contributed by atoms with van der Waals surface area (Å²) in [6.07, 6.45) is -26.1. The second kappa shape index (κ2) is 35.5. The Bertz CT molecular complexity index is 2430. The van der Waals surface area contributed by atoms with E-state index in [4.69, 9.17) is 19.7 Å². The molecule has 0 aromatic carbocycles. The van der Waals surface area contributed by atoms with Crippen molar-refractivity contribution >= 4 is 69.7 Å². The van der Waals surface area contributed by atoms with E-state index in [1.54, 1.807) is 16.1 Å². The van der Waals surface area contributed by atoms with Crippen LogP contribution in [0.5, 0.6) is 0 Å². The number of rotatable bonds is 34. The molecule has 0 aliphatic heterocycles. The van der Waals surface area contributed by atoms with Gasteiger partial charge in [0, 0.05) is 67.6 Å². The van der Waals surface area contributed by atoms with Gasteiger partial charge in [-0.3, -0.25) is 0 Å². The standard InChI is InChI=1S/C14H12F17IO.C14H13F17O.C8F17I.C6H12O.Al.B.HN/c15-7(16,5-6(32)3-1-2-4-33)8(17,18)9(19,20)10(21,22)11(23,24)12(25,26)13(27,28)14(29,30)31;15-7(16,5-3-1-2-4-6-32)8(17,18)9(19,20)10(21,22)11(23,24)12(25,26)13(27,28)14(29,30)31;9-1(10,3(13,14)5(17,18)7(21,22)23)2(11,12)4(15,16)6(19,20)8(24,25)26;1-2-3-4-5-6-7;;;/h6,33H,1-5H2;32H,1-6H2;;2,7H,1,3-6H2;;;1H. The zero-order valence-corrected chi connectivity index (χ0v) is 53.0. The van der Waals surface area contributed by atoms with Gasteiger partial charge in [0.2, 0.25) is 0 Å². The van der Waals surface area contributed by atoms with E-state index in [0.717, 1.165) is 41.9 Å². The van der Waals surface area contributed by atoms with Crippen LogP contribution in [-0.2, 0) is 0 Å². The molecule has 0 rings (SSSR count). The molecule has 4 radical (unpaired) electrons. The summed E-state index contributed by atoms with van der Waals surface area (Å²) in [6, 6.07) is 0. The molecule has 0 saturated heterocycles. The summed E-state index contributed by atoms with van der Waals surface area (Å²) < 4.78 is 654. The Morgan fingerprint density at radius 1 is 0.287 bits per heavy atom. The molecule has 4 N–H and O–H groups in total. The van der Waals surface area contributed by atoms with Gasteiger partial charge in [-0.2, -0.15) is 224 Å². The fourth-order valence-electron chi connectivity index (χ4n) is 5.89. The van der Waals surface area contributed by atoms with Crippen LogP contribution in [0.25, 0.3) is 0 Å². The fraction of sp³-hybridized carbons (Fsp3) is 0.952. The van der Waals surface area contributed by atoms with E-state index in [0.29, 0.717) is 6.61 Å². The van der Waals surface area contributed by atoms with Crippen molar-refractivity contribution in [3.05, 3.63) is 12.7 Å². The molecule has 1 atom stereocenters. The molecule has 0 bridgehead atoms. The van der Waals surface area contributed by atoms with Crippen LogP contribution in [0.4, 0.5) is 224 Å². The first-order chi connectivity index (χ1) is 43.2. The molecule has 1 unspecified atom stereocenters. The van der Waals surface area contributed by atoms with Crippen molar-refractivity contribution in [2.45, 2.75) is 222 Å². The Labute approximate surface area is 566 Å². The van der Waals surface area contributed by atoms with Crippen molar-refractivity contribution in [3.63, 3.8) is 0 Å². The van der Waals surface area contributed by atoms with Crippen LogP contribution in [0.3, 0.4) is 0 Å². The fourth-order valence-corrected chi connectivity index (χ4v) is 7.23. The second-order valence-corrected chi connectivity index (χ2v) is 22.3. The van der Waals surface area contributed by atoms with Crippen LogP contribution in [0.2, 0.25) is 0 Å². The van der Waals surface area contributed by atoms with Gasteiger partial charge in [-0.25, -0.2) is 0 Å². The maximum atomic E-state index is 13.7. The first-order valence-corrected chi connectivity index (χ1v) is 27.3. The second-order valence-electron chi connectivity index (χ2n) is 19.2. The van der Waals surface area contributed by atoms with Gasteiger partial charge in [0.1, 0.15) is 0 Å². The van der Waals surface area contributed by atoms with Crippen molar-refractivity contribution in [2.24, 2.45) is 0 Å². The number of aliphatic hydroxyl groups excluding tert-OH is 3. The molecule has 0 aliphatic rings. The molecule has 0 fully saturated rings. The number of hydrogen-bond acceptors (Lipinski definition) is 4. The number of allylic oxidation sites excluding steroid dienone is 1. The Balaban J connectivity index is -0.000000315. The van der Waals surface area contributed by atoms with Gasteiger partial charge in [-0.15, -0.1) is 6.58 Å². The minimum absolute atomic E-state index is 0. The van der Waals surface area contributed by atoms with Gasteiger partial charge in [-0.05, 0) is 44.9 Å². The SMILES string of the molecule is C=CCCCCO.FC(F)(F)C(F)(F)C(F)(F)C(F)(F)C(F)(F)C(F)(F)C(F)(F)C(F)(F)I.OCCCCC(I)CC(F)(F)C(F)(F)C(F)(F)C(F)(F)C(F)(F)C(F)(F)C(F)(F)C(F)(F)F.OCCCCCCC(F)(F)C(F)(F)C(F)(F)C(F)(F)C(F)(F)C(F)(F)C(F)(F)C(F)(F)F.[B].[NH]=[Al]. The summed E-state index contributed by atoms with van der Waals surface area (Å²) in [5.41, 5.74) is 0. The van der Waals surface area contributed by atoms with Gasteiger partial charge < -0.3 is 15.3 Å². The first kappa shape index (κ1) is 110. The van der Waals surface area contributed by atoms with Gasteiger partial charge >= 0.3 is 161 Å². The van der Waals surface area contributed by atoms with E-state index < -0.39 is 213 Å². The molecular weight excluding hydrogens is 1830 g/mol. The van der Waals surface area contributed by atoms with Crippen LogP contribution >= 0.6 is 45.2 Å². The first-order valence-electron chi connectivity index (χ1n) is 24.4. The third kappa shape index (κ3) is 20.6. The van der Waals surface area contributed by atoms with Gasteiger partial charge in [-0.1, -0.05) is 47.9 Å². The van der Waals surface area contributed by atoms with Crippen LogP contribution in [0, 0.1) is 4.35 Å². The number of aliphatic hydroxyl groups is 3. The van der Waals surface area contributed by atoms with E-state index in [-0.39, 0.29) is 34.1 Å². The van der Waals surface area contributed by atoms with Crippen LogP contribution < -0.4 is 0 Å². The zero-order valence-electron chi connectivity index (χ0n) is 47.5. The average molecular weight is 1870 g/mol. The predicted octanol–water partition coefficient (Wildman–Crippen LogP) is 21.6. The summed E-state index contributed by atoms with van der Waals surface area (Å²) in [4.78, 5) is 0. The quantitative estimate of drug-likeness (QED) is 0.0129. The topological polar surface area (TPSA) is 84.5 Å². The van der Waals surface area contributed by atoms with E-state index in [1.807, 2.05) is 6.08 Å². The molecular formula is C42H38AlBF51I2NO3. The Hall–Kier alpha value is -2.09. The molecule has 0 heterocycles.